The number of rotatable bonds is 4. The lowest BCUT2D eigenvalue weighted by atomic mass is 9.80. The molecule has 110 valence electrons. The number of nitrogens with zero attached hydrogens (tertiary/aromatic N) is 1. The fourth-order valence-corrected chi connectivity index (χ4v) is 2.28. The molecule has 2 amide bonds. The van der Waals surface area contributed by atoms with Gasteiger partial charge in [0.15, 0.2) is 0 Å². The van der Waals surface area contributed by atoms with Crippen LogP contribution in [0.2, 0.25) is 0 Å². The van der Waals surface area contributed by atoms with Crippen LogP contribution in [0.1, 0.15) is 25.5 Å². The Morgan fingerprint density at radius 3 is 2.70 bits per heavy atom. The number of carboxylic acids is 1. The summed E-state index contributed by atoms with van der Waals surface area (Å²) in [5.41, 5.74) is -0.703. The molecule has 1 saturated heterocycles. The van der Waals surface area contributed by atoms with Crippen molar-refractivity contribution in [1.82, 2.24) is 10.2 Å². The molecule has 0 spiro atoms. The van der Waals surface area contributed by atoms with Crippen molar-refractivity contribution in [2.75, 3.05) is 19.6 Å². The summed E-state index contributed by atoms with van der Waals surface area (Å²) in [6, 6.07) is 3.55. The molecule has 0 saturated carbocycles. The Labute approximate surface area is 117 Å². The first-order valence-electron chi connectivity index (χ1n) is 6.80. The van der Waals surface area contributed by atoms with E-state index in [9.17, 15) is 9.59 Å². The molecule has 1 fully saturated rings. The van der Waals surface area contributed by atoms with E-state index in [1.54, 1.807) is 18.1 Å². The maximum absolute atomic E-state index is 11.9. The normalized spacial score (nSPS) is 17.8. The van der Waals surface area contributed by atoms with Crippen molar-refractivity contribution in [3.05, 3.63) is 24.2 Å². The molecule has 1 aromatic rings. The van der Waals surface area contributed by atoms with E-state index >= 15 is 0 Å². The lowest BCUT2D eigenvalue weighted by Crippen LogP contribution is -2.49. The first-order valence-corrected chi connectivity index (χ1v) is 6.80. The number of hydrogen-bond acceptors (Lipinski definition) is 3. The predicted octanol–water partition coefficient (Wildman–Crippen LogP) is 1.72. The number of piperidine rings is 1. The van der Waals surface area contributed by atoms with Gasteiger partial charge in [0.25, 0.3) is 0 Å². The van der Waals surface area contributed by atoms with E-state index in [0.29, 0.717) is 38.9 Å². The van der Waals surface area contributed by atoms with Crippen LogP contribution in [0, 0.1) is 5.41 Å². The number of aliphatic carboxylic acids is 1. The van der Waals surface area contributed by atoms with Crippen molar-refractivity contribution in [1.29, 1.82) is 0 Å². The van der Waals surface area contributed by atoms with Crippen molar-refractivity contribution in [2.45, 2.75) is 26.2 Å². The van der Waals surface area contributed by atoms with Crippen molar-refractivity contribution in [3.8, 4) is 0 Å². The molecule has 0 bridgehead atoms. The molecule has 20 heavy (non-hydrogen) atoms. The standard InChI is InChI=1S/C14H20N2O4/c1-14(12(17)18)5-8-16(9-6-14)13(19)15-7-4-11-3-2-10-20-11/h2-3,10H,4-9H2,1H3,(H,15,19)(H,17,18). The first kappa shape index (κ1) is 14.4. The van der Waals surface area contributed by atoms with Gasteiger partial charge in [0.2, 0.25) is 0 Å². The van der Waals surface area contributed by atoms with E-state index in [1.807, 2.05) is 12.1 Å². The minimum absolute atomic E-state index is 0.135. The molecule has 0 aliphatic carbocycles. The molecule has 2 rings (SSSR count). The average Bonchev–Trinajstić information content (AvgIpc) is 2.92. The minimum atomic E-state index is -0.782. The second-order valence-electron chi connectivity index (χ2n) is 5.41. The van der Waals surface area contributed by atoms with Gasteiger partial charge in [-0.1, -0.05) is 0 Å². The summed E-state index contributed by atoms with van der Waals surface area (Å²) in [6.07, 6.45) is 3.25. The van der Waals surface area contributed by atoms with E-state index in [2.05, 4.69) is 5.32 Å². The quantitative estimate of drug-likeness (QED) is 0.879. The fourth-order valence-electron chi connectivity index (χ4n) is 2.28. The number of carboxylic acid groups (broad SMARTS) is 1. The Kier molecular flexibility index (Phi) is 4.32. The van der Waals surface area contributed by atoms with Gasteiger partial charge in [0.1, 0.15) is 5.76 Å². The molecule has 0 atom stereocenters. The molecule has 1 aliphatic heterocycles. The monoisotopic (exact) mass is 280 g/mol. The Morgan fingerprint density at radius 1 is 1.45 bits per heavy atom. The summed E-state index contributed by atoms with van der Waals surface area (Å²) in [5.74, 6) is 0.0535. The van der Waals surface area contributed by atoms with Crippen molar-refractivity contribution in [3.63, 3.8) is 0 Å². The third-order valence-corrected chi connectivity index (χ3v) is 3.90. The van der Waals surface area contributed by atoms with Gasteiger partial charge < -0.3 is 19.7 Å². The van der Waals surface area contributed by atoms with Crippen LogP contribution in [-0.2, 0) is 11.2 Å². The SMILES string of the molecule is CC1(C(=O)O)CCN(C(=O)NCCc2ccco2)CC1. The molecular formula is C14H20N2O4. The zero-order valence-corrected chi connectivity index (χ0v) is 11.6. The highest BCUT2D eigenvalue weighted by Crippen LogP contribution is 2.30. The predicted molar refractivity (Wildman–Crippen MR) is 72.4 cm³/mol. The van der Waals surface area contributed by atoms with Gasteiger partial charge in [-0.05, 0) is 31.9 Å². The number of furan rings is 1. The second-order valence-corrected chi connectivity index (χ2v) is 5.41. The molecule has 2 heterocycles. The topological polar surface area (TPSA) is 82.8 Å². The second kappa shape index (κ2) is 5.98. The summed E-state index contributed by atoms with van der Waals surface area (Å²) in [7, 11) is 0. The third kappa shape index (κ3) is 3.31. The number of nitrogens with one attached hydrogen (secondary N) is 1. The van der Waals surface area contributed by atoms with Crippen LogP contribution < -0.4 is 5.32 Å². The molecule has 1 aliphatic rings. The maximum atomic E-state index is 11.9. The van der Waals surface area contributed by atoms with E-state index in [4.69, 9.17) is 9.52 Å². The maximum Gasteiger partial charge on any atom is 0.317 e. The van der Waals surface area contributed by atoms with E-state index in [0.717, 1.165) is 5.76 Å². The van der Waals surface area contributed by atoms with Crippen LogP contribution in [0.4, 0.5) is 4.79 Å². The number of hydrogen-bond donors (Lipinski definition) is 2. The van der Waals surface area contributed by atoms with Crippen LogP contribution in [0.5, 0.6) is 0 Å². The summed E-state index contributed by atoms with van der Waals surface area (Å²) in [4.78, 5) is 24.7. The fraction of sp³-hybridized carbons (Fsp3) is 0.571. The van der Waals surface area contributed by atoms with Crippen LogP contribution in [0.25, 0.3) is 0 Å². The van der Waals surface area contributed by atoms with Crippen molar-refractivity contribution in [2.24, 2.45) is 5.41 Å². The van der Waals surface area contributed by atoms with Crippen LogP contribution in [0.3, 0.4) is 0 Å². The molecule has 1 aromatic heterocycles. The molecule has 0 aromatic carbocycles. The van der Waals surface area contributed by atoms with Crippen molar-refractivity contribution >= 4 is 12.0 Å². The highest BCUT2D eigenvalue weighted by atomic mass is 16.4. The van der Waals surface area contributed by atoms with Gasteiger partial charge in [-0.25, -0.2) is 4.79 Å². The molecule has 6 heteroatoms. The lowest BCUT2D eigenvalue weighted by Gasteiger charge is -2.36. The molecule has 6 nitrogen and oxygen atoms in total. The van der Waals surface area contributed by atoms with Gasteiger partial charge in [-0.3, -0.25) is 4.79 Å². The van der Waals surface area contributed by atoms with Crippen LogP contribution in [0.15, 0.2) is 22.8 Å². The van der Waals surface area contributed by atoms with Crippen LogP contribution in [-0.4, -0.2) is 41.6 Å². The van der Waals surface area contributed by atoms with E-state index < -0.39 is 11.4 Å². The molecule has 0 radical (unpaired) electrons. The Balaban J connectivity index is 1.73. The van der Waals surface area contributed by atoms with Gasteiger partial charge in [-0.15, -0.1) is 0 Å². The first-order chi connectivity index (χ1) is 9.51. The van der Waals surface area contributed by atoms with E-state index in [1.165, 1.54) is 0 Å². The summed E-state index contributed by atoms with van der Waals surface area (Å²) in [5, 5.41) is 12.0. The highest BCUT2D eigenvalue weighted by molar-refractivity contribution is 5.76. The smallest absolute Gasteiger partial charge is 0.317 e. The number of amides is 2. The minimum Gasteiger partial charge on any atom is -0.481 e. The zero-order valence-electron chi connectivity index (χ0n) is 11.6. The number of carbonyl (C=O) groups excluding carboxylic acids is 1. The van der Waals surface area contributed by atoms with E-state index in [-0.39, 0.29) is 6.03 Å². The lowest BCUT2D eigenvalue weighted by molar-refractivity contribution is -0.150. The zero-order chi connectivity index (χ0) is 14.6. The summed E-state index contributed by atoms with van der Waals surface area (Å²) >= 11 is 0. The summed E-state index contributed by atoms with van der Waals surface area (Å²) in [6.45, 7) is 3.21. The average molecular weight is 280 g/mol. The molecule has 0 unspecified atom stereocenters. The molecule has 2 N–H and O–H groups in total. The number of likely N-dealkylation sites (tertiary alicyclic amines) is 1. The summed E-state index contributed by atoms with van der Waals surface area (Å²) < 4.78 is 5.18. The largest absolute Gasteiger partial charge is 0.481 e. The number of urea groups is 1. The van der Waals surface area contributed by atoms with Gasteiger partial charge in [0.05, 0.1) is 11.7 Å². The Bertz CT molecular complexity index is 462. The highest BCUT2D eigenvalue weighted by Gasteiger charge is 2.37. The third-order valence-electron chi connectivity index (χ3n) is 3.90. The number of carbonyl (C=O) groups is 2. The Hall–Kier alpha value is -1.98. The molecular weight excluding hydrogens is 260 g/mol. The van der Waals surface area contributed by atoms with Gasteiger partial charge in [0, 0.05) is 26.1 Å². The van der Waals surface area contributed by atoms with Gasteiger partial charge >= 0.3 is 12.0 Å². The van der Waals surface area contributed by atoms with Crippen molar-refractivity contribution < 1.29 is 19.1 Å². The van der Waals surface area contributed by atoms with Gasteiger partial charge in [-0.2, -0.15) is 0 Å². The van der Waals surface area contributed by atoms with Crippen LogP contribution >= 0.6 is 0 Å². The Morgan fingerprint density at radius 2 is 2.15 bits per heavy atom.